The molecular weight excluding hydrogens is 201 g/mol. The Morgan fingerprint density at radius 2 is 2.21 bits per heavy atom. The first-order chi connectivity index (χ1) is 6.61. The summed E-state index contributed by atoms with van der Waals surface area (Å²) in [7, 11) is 0. The second kappa shape index (κ2) is 5.32. The fraction of sp³-hybridized carbons (Fsp3) is 0.455. The van der Waals surface area contributed by atoms with Gasteiger partial charge in [0.05, 0.1) is 5.02 Å². The molecule has 1 atom stereocenters. The minimum Gasteiger partial charge on any atom is -0.328 e. The van der Waals surface area contributed by atoms with E-state index in [1.807, 2.05) is 13.0 Å². The molecule has 1 rings (SSSR count). The third kappa shape index (κ3) is 3.28. The molecule has 0 bridgehead atoms. The Morgan fingerprint density at radius 3 is 2.86 bits per heavy atom. The molecule has 0 fully saturated rings. The molecule has 0 aliphatic heterocycles. The highest BCUT2D eigenvalue weighted by molar-refractivity contribution is 6.31. The molecule has 1 unspecified atom stereocenters. The topological polar surface area (TPSA) is 26.0 Å². The van der Waals surface area contributed by atoms with Crippen molar-refractivity contribution in [3.63, 3.8) is 0 Å². The number of hydrogen-bond donors (Lipinski definition) is 1. The zero-order chi connectivity index (χ0) is 10.6. The van der Waals surface area contributed by atoms with E-state index < -0.39 is 0 Å². The summed E-state index contributed by atoms with van der Waals surface area (Å²) in [6.07, 6.45) is 2.67. The SMILES string of the molecule is CC(N)CCCc1cccc(F)c1Cl. The molecule has 0 aromatic heterocycles. The Labute approximate surface area is 89.1 Å². The lowest BCUT2D eigenvalue weighted by atomic mass is 10.1. The molecule has 0 spiro atoms. The fourth-order valence-electron chi connectivity index (χ4n) is 1.36. The molecule has 2 N–H and O–H groups in total. The van der Waals surface area contributed by atoms with Gasteiger partial charge in [-0.3, -0.25) is 0 Å². The monoisotopic (exact) mass is 215 g/mol. The average Bonchev–Trinajstić information content (AvgIpc) is 2.12. The van der Waals surface area contributed by atoms with Gasteiger partial charge >= 0.3 is 0 Å². The van der Waals surface area contributed by atoms with Crippen LogP contribution in [0.5, 0.6) is 0 Å². The normalized spacial score (nSPS) is 12.9. The molecule has 1 aromatic carbocycles. The van der Waals surface area contributed by atoms with E-state index in [4.69, 9.17) is 17.3 Å². The van der Waals surface area contributed by atoms with Gasteiger partial charge in [0.1, 0.15) is 5.82 Å². The summed E-state index contributed by atoms with van der Waals surface area (Å²) in [4.78, 5) is 0. The predicted molar refractivity (Wildman–Crippen MR) is 58.0 cm³/mol. The summed E-state index contributed by atoms with van der Waals surface area (Å²) in [5.41, 5.74) is 6.49. The smallest absolute Gasteiger partial charge is 0.142 e. The number of halogens is 2. The number of nitrogens with two attached hydrogens (primary N) is 1. The highest BCUT2D eigenvalue weighted by atomic mass is 35.5. The number of hydrogen-bond acceptors (Lipinski definition) is 1. The summed E-state index contributed by atoms with van der Waals surface area (Å²) < 4.78 is 13.0. The standard InChI is InChI=1S/C11H15ClFN/c1-8(14)4-2-5-9-6-3-7-10(13)11(9)12/h3,6-8H,2,4-5,14H2,1H3. The lowest BCUT2D eigenvalue weighted by molar-refractivity contribution is 0.612. The first-order valence-electron chi connectivity index (χ1n) is 4.79. The lowest BCUT2D eigenvalue weighted by Gasteiger charge is -2.06. The van der Waals surface area contributed by atoms with Gasteiger partial charge in [-0.2, -0.15) is 0 Å². The summed E-state index contributed by atoms with van der Waals surface area (Å²) in [5, 5.41) is 0.247. The van der Waals surface area contributed by atoms with Crippen molar-refractivity contribution >= 4 is 11.6 Å². The van der Waals surface area contributed by atoms with Gasteiger partial charge in [0.2, 0.25) is 0 Å². The maximum absolute atomic E-state index is 13.0. The van der Waals surface area contributed by atoms with Gasteiger partial charge in [0.15, 0.2) is 0 Å². The van der Waals surface area contributed by atoms with Gasteiger partial charge < -0.3 is 5.73 Å². The molecule has 1 nitrogen and oxygen atoms in total. The number of benzene rings is 1. The van der Waals surface area contributed by atoms with Crippen LogP contribution in [0.25, 0.3) is 0 Å². The van der Waals surface area contributed by atoms with Gasteiger partial charge in [0, 0.05) is 6.04 Å². The molecule has 0 aliphatic carbocycles. The maximum Gasteiger partial charge on any atom is 0.142 e. The highest BCUT2D eigenvalue weighted by Crippen LogP contribution is 2.21. The summed E-state index contributed by atoms with van der Waals surface area (Å²) in [6, 6.07) is 5.11. The van der Waals surface area contributed by atoms with Crippen molar-refractivity contribution in [2.24, 2.45) is 5.73 Å². The third-order valence-electron chi connectivity index (χ3n) is 2.14. The Kier molecular flexibility index (Phi) is 4.36. The zero-order valence-corrected chi connectivity index (χ0v) is 9.02. The quantitative estimate of drug-likeness (QED) is 0.821. The Balaban J connectivity index is 2.54. The molecular formula is C11H15ClFN. The largest absolute Gasteiger partial charge is 0.328 e. The average molecular weight is 216 g/mol. The van der Waals surface area contributed by atoms with Crippen molar-refractivity contribution in [2.45, 2.75) is 32.2 Å². The third-order valence-corrected chi connectivity index (χ3v) is 2.56. The summed E-state index contributed by atoms with van der Waals surface area (Å²) >= 11 is 5.80. The minimum atomic E-state index is -0.343. The molecule has 78 valence electrons. The van der Waals surface area contributed by atoms with Crippen LogP contribution in [-0.2, 0) is 6.42 Å². The van der Waals surface area contributed by atoms with Gasteiger partial charge in [0.25, 0.3) is 0 Å². The Bertz CT molecular complexity index is 299. The van der Waals surface area contributed by atoms with Crippen LogP contribution in [0.2, 0.25) is 5.02 Å². The zero-order valence-electron chi connectivity index (χ0n) is 8.26. The van der Waals surface area contributed by atoms with Crippen LogP contribution < -0.4 is 5.73 Å². The van der Waals surface area contributed by atoms with Crippen molar-refractivity contribution < 1.29 is 4.39 Å². The predicted octanol–water partition coefficient (Wildman–Crippen LogP) is 3.15. The summed E-state index contributed by atoms with van der Waals surface area (Å²) in [6.45, 7) is 1.97. The van der Waals surface area contributed by atoms with E-state index in [0.717, 1.165) is 24.8 Å². The van der Waals surface area contributed by atoms with E-state index in [9.17, 15) is 4.39 Å². The molecule has 14 heavy (non-hydrogen) atoms. The van der Waals surface area contributed by atoms with E-state index >= 15 is 0 Å². The van der Waals surface area contributed by atoms with Crippen LogP contribution in [0, 0.1) is 5.82 Å². The molecule has 0 heterocycles. The molecule has 3 heteroatoms. The Hall–Kier alpha value is -0.600. The first kappa shape index (κ1) is 11.5. The van der Waals surface area contributed by atoms with Crippen LogP contribution in [0.1, 0.15) is 25.3 Å². The van der Waals surface area contributed by atoms with E-state index in [-0.39, 0.29) is 16.9 Å². The van der Waals surface area contributed by atoms with Crippen LogP contribution in [0.15, 0.2) is 18.2 Å². The first-order valence-corrected chi connectivity index (χ1v) is 5.17. The molecule has 0 aliphatic rings. The Morgan fingerprint density at radius 1 is 1.50 bits per heavy atom. The van der Waals surface area contributed by atoms with Crippen molar-refractivity contribution in [3.05, 3.63) is 34.6 Å². The summed E-state index contributed by atoms with van der Waals surface area (Å²) in [5.74, 6) is -0.343. The second-order valence-electron chi connectivity index (χ2n) is 3.58. The van der Waals surface area contributed by atoms with E-state index in [2.05, 4.69) is 0 Å². The van der Waals surface area contributed by atoms with Crippen molar-refractivity contribution in [2.75, 3.05) is 0 Å². The van der Waals surface area contributed by atoms with Gasteiger partial charge in [-0.25, -0.2) is 4.39 Å². The van der Waals surface area contributed by atoms with E-state index in [1.165, 1.54) is 6.07 Å². The van der Waals surface area contributed by atoms with E-state index in [0.29, 0.717) is 0 Å². The van der Waals surface area contributed by atoms with Crippen molar-refractivity contribution in [3.8, 4) is 0 Å². The van der Waals surface area contributed by atoms with Gasteiger partial charge in [-0.05, 0) is 37.8 Å². The fourth-order valence-corrected chi connectivity index (χ4v) is 1.58. The van der Waals surface area contributed by atoms with Crippen LogP contribution in [0.3, 0.4) is 0 Å². The van der Waals surface area contributed by atoms with Gasteiger partial charge in [-0.15, -0.1) is 0 Å². The van der Waals surface area contributed by atoms with Gasteiger partial charge in [-0.1, -0.05) is 23.7 Å². The molecule has 0 saturated carbocycles. The van der Waals surface area contributed by atoms with Crippen molar-refractivity contribution in [1.29, 1.82) is 0 Å². The van der Waals surface area contributed by atoms with Crippen LogP contribution in [0.4, 0.5) is 4.39 Å². The minimum absolute atomic E-state index is 0.197. The second-order valence-corrected chi connectivity index (χ2v) is 3.96. The molecule has 1 aromatic rings. The maximum atomic E-state index is 13.0. The molecule has 0 radical (unpaired) electrons. The van der Waals surface area contributed by atoms with Crippen LogP contribution >= 0.6 is 11.6 Å². The highest BCUT2D eigenvalue weighted by Gasteiger charge is 2.05. The molecule has 0 saturated heterocycles. The van der Waals surface area contributed by atoms with E-state index in [1.54, 1.807) is 6.07 Å². The number of aryl methyl sites for hydroxylation is 1. The van der Waals surface area contributed by atoms with Crippen LogP contribution in [-0.4, -0.2) is 6.04 Å². The number of rotatable bonds is 4. The van der Waals surface area contributed by atoms with Crippen molar-refractivity contribution in [1.82, 2.24) is 0 Å². The lowest BCUT2D eigenvalue weighted by Crippen LogP contribution is -2.14. The molecule has 0 amide bonds.